The van der Waals surface area contributed by atoms with E-state index in [-0.39, 0.29) is 12.4 Å². The molecule has 0 spiro atoms. The molecule has 2 rings (SSSR count). The van der Waals surface area contributed by atoms with E-state index in [1.807, 2.05) is 23.9 Å². The number of halogens is 1. The zero-order valence-corrected chi connectivity index (χ0v) is 10.9. The maximum Gasteiger partial charge on any atom is 0.0969 e. The van der Waals surface area contributed by atoms with Crippen LogP contribution in [0.3, 0.4) is 0 Å². The molecule has 0 radical (unpaired) electrons. The van der Waals surface area contributed by atoms with Gasteiger partial charge in [-0.15, -0.1) is 12.4 Å². The second-order valence-electron chi connectivity index (χ2n) is 3.69. The first kappa shape index (κ1) is 13.7. The van der Waals surface area contributed by atoms with E-state index in [4.69, 9.17) is 0 Å². The van der Waals surface area contributed by atoms with E-state index < -0.39 is 0 Å². The van der Waals surface area contributed by atoms with Gasteiger partial charge in [-0.05, 0) is 18.7 Å². The highest BCUT2D eigenvalue weighted by Crippen LogP contribution is 2.20. The third kappa shape index (κ3) is 3.28. The minimum absolute atomic E-state index is 0. The molecule has 0 saturated heterocycles. The van der Waals surface area contributed by atoms with Crippen molar-refractivity contribution in [3.8, 4) is 11.3 Å². The van der Waals surface area contributed by atoms with Gasteiger partial charge in [0.2, 0.25) is 0 Å². The maximum atomic E-state index is 4.48. The van der Waals surface area contributed by atoms with Gasteiger partial charge >= 0.3 is 0 Å². The van der Waals surface area contributed by atoms with Crippen molar-refractivity contribution in [2.24, 2.45) is 7.05 Å². The lowest BCUT2D eigenvalue weighted by atomic mass is 10.1. The van der Waals surface area contributed by atoms with E-state index in [1.165, 1.54) is 5.56 Å². The fourth-order valence-corrected chi connectivity index (χ4v) is 1.68. The number of rotatable bonds is 4. The molecule has 0 aliphatic carbocycles. The quantitative estimate of drug-likeness (QED) is 0.905. The number of hydrogen-bond acceptors (Lipinski definition) is 3. The summed E-state index contributed by atoms with van der Waals surface area (Å²) in [6.07, 6.45) is 5.64. The maximum absolute atomic E-state index is 4.48. The van der Waals surface area contributed by atoms with Gasteiger partial charge in [0.25, 0.3) is 0 Å². The van der Waals surface area contributed by atoms with Crippen LogP contribution in [0.2, 0.25) is 0 Å². The molecule has 2 aromatic heterocycles. The highest BCUT2D eigenvalue weighted by molar-refractivity contribution is 5.85. The van der Waals surface area contributed by atoms with Gasteiger partial charge in [0.15, 0.2) is 0 Å². The van der Waals surface area contributed by atoms with Crippen LogP contribution in [-0.2, 0) is 13.6 Å². The Kier molecular flexibility index (Phi) is 5.12. The van der Waals surface area contributed by atoms with Crippen LogP contribution in [0.15, 0.2) is 30.7 Å². The minimum atomic E-state index is 0. The van der Waals surface area contributed by atoms with Crippen molar-refractivity contribution in [3.63, 3.8) is 0 Å². The average molecular weight is 253 g/mol. The number of aromatic nitrogens is 3. The summed E-state index contributed by atoms with van der Waals surface area (Å²) in [5.41, 5.74) is 3.37. The Labute approximate surface area is 107 Å². The molecule has 17 heavy (non-hydrogen) atoms. The van der Waals surface area contributed by atoms with Crippen LogP contribution in [0.25, 0.3) is 11.3 Å². The van der Waals surface area contributed by atoms with Gasteiger partial charge in [0.05, 0.1) is 5.69 Å². The van der Waals surface area contributed by atoms with Crippen LogP contribution in [0.5, 0.6) is 0 Å². The Morgan fingerprint density at radius 3 is 2.65 bits per heavy atom. The predicted octanol–water partition coefficient (Wildman–Crippen LogP) is 2.01. The summed E-state index contributed by atoms with van der Waals surface area (Å²) >= 11 is 0. The molecule has 0 amide bonds. The molecule has 0 aromatic carbocycles. The predicted molar refractivity (Wildman–Crippen MR) is 71.1 cm³/mol. The van der Waals surface area contributed by atoms with Crippen LogP contribution in [-0.4, -0.2) is 21.3 Å². The second kappa shape index (κ2) is 6.37. The Balaban J connectivity index is 0.00000144. The monoisotopic (exact) mass is 252 g/mol. The molecule has 5 heteroatoms. The molecule has 0 aliphatic heterocycles. The molecular weight excluding hydrogens is 236 g/mol. The molecule has 92 valence electrons. The molecule has 0 saturated carbocycles. The van der Waals surface area contributed by atoms with Gasteiger partial charge in [0.1, 0.15) is 0 Å². The first-order valence-corrected chi connectivity index (χ1v) is 5.45. The number of nitrogens with one attached hydrogen (secondary N) is 1. The van der Waals surface area contributed by atoms with Crippen molar-refractivity contribution in [1.82, 2.24) is 20.1 Å². The molecule has 0 atom stereocenters. The molecule has 4 nitrogen and oxygen atoms in total. The van der Waals surface area contributed by atoms with E-state index in [0.29, 0.717) is 0 Å². The number of nitrogens with zero attached hydrogens (tertiary/aromatic N) is 3. The molecule has 2 aromatic rings. The third-order valence-corrected chi connectivity index (χ3v) is 2.42. The zero-order valence-electron chi connectivity index (χ0n) is 10.1. The number of aryl methyl sites for hydroxylation is 1. The highest BCUT2D eigenvalue weighted by Gasteiger charge is 2.08. The lowest BCUT2D eigenvalue weighted by molar-refractivity contribution is 0.724. The summed E-state index contributed by atoms with van der Waals surface area (Å²) in [5, 5.41) is 7.80. The van der Waals surface area contributed by atoms with E-state index in [2.05, 4.69) is 28.5 Å². The van der Waals surface area contributed by atoms with Crippen LogP contribution in [0.1, 0.15) is 12.5 Å². The Morgan fingerprint density at radius 2 is 2.00 bits per heavy atom. The standard InChI is InChI=1S/C12H16N4.ClH/c1-3-13-8-11-9-16(2)15-12(11)10-4-6-14-7-5-10;/h4-7,9,13H,3,8H2,1-2H3;1H. The number of hydrogen-bond donors (Lipinski definition) is 1. The normalized spacial score (nSPS) is 10.0. The van der Waals surface area contributed by atoms with Crippen molar-refractivity contribution in [3.05, 3.63) is 36.3 Å². The van der Waals surface area contributed by atoms with Gasteiger partial charge in [0, 0.05) is 43.3 Å². The molecule has 2 heterocycles. The topological polar surface area (TPSA) is 42.7 Å². The summed E-state index contributed by atoms with van der Waals surface area (Å²) in [6.45, 7) is 3.91. The van der Waals surface area contributed by atoms with Crippen LogP contribution in [0, 0.1) is 0 Å². The molecular formula is C12H17ClN4. The Hall–Kier alpha value is -1.39. The largest absolute Gasteiger partial charge is 0.313 e. The molecule has 0 unspecified atom stereocenters. The number of pyridine rings is 1. The summed E-state index contributed by atoms with van der Waals surface area (Å²) < 4.78 is 1.85. The van der Waals surface area contributed by atoms with Crippen LogP contribution in [0.4, 0.5) is 0 Å². The van der Waals surface area contributed by atoms with Crippen LogP contribution < -0.4 is 5.32 Å². The summed E-state index contributed by atoms with van der Waals surface area (Å²) in [7, 11) is 1.94. The van der Waals surface area contributed by atoms with E-state index in [0.717, 1.165) is 24.3 Å². The summed E-state index contributed by atoms with van der Waals surface area (Å²) in [6, 6.07) is 3.97. The molecule has 0 aliphatic rings. The van der Waals surface area contributed by atoms with E-state index in [1.54, 1.807) is 12.4 Å². The smallest absolute Gasteiger partial charge is 0.0969 e. The van der Waals surface area contributed by atoms with Crippen molar-refractivity contribution < 1.29 is 0 Å². The van der Waals surface area contributed by atoms with Crippen molar-refractivity contribution in [1.29, 1.82) is 0 Å². The summed E-state index contributed by atoms with van der Waals surface area (Å²) in [5.74, 6) is 0. The highest BCUT2D eigenvalue weighted by atomic mass is 35.5. The van der Waals surface area contributed by atoms with Crippen LogP contribution >= 0.6 is 12.4 Å². The zero-order chi connectivity index (χ0) is 11.4. The summed E-state index contributed by atoms with van der Waals surface area (Å²) in [4.78, 5) is 4.02. The molecule has 0 fully saturated rings. The lowest BCUT2D eigenvalue weighted by Gasteiger charge is -2.02. The Morgan fingerprint density at radius 1 is 1.29 bits per heavy atom. The first-order chi connectivity index (χ1) is 7.81. The minimum Gasteiger partial charge on any atom is -0.313 e. The van der Waals surface area contributed by atoms with Gasteiger partial charge in [-0.1, -0.05) is 6.92 Å². The molecule has 1 N–H and O–H groups in total. The van der Waals surface area contributed by atoms with Gasteiger partial charge in [-0.3, -0.25) is 9.67 Å². The SMILES string of the molecule is CCNCc1cn(C)nc1-c1ccncc1.Cl. The first-order valence-electron chi connectivity index (χ1n) is 5.45. The van der Waals surface area contributed by atoms with Crippen molar-refractivity contribution in [2.75, 3.05) is 6.54 Å². The van der Waals surface area contributed by atoms with Gasteiger partial charge in [-0.25, -0.2) is 0 Å². The third-order valence-electron chi connectivity index (χ3n) is 2.42. The van der Waals surface area contributed by atoms with E-state index in [9.17, 15) is 0 Å². The Bertz CT molecular complexity index is 453. The van der Waals surface area contributed by atoms with Crippen molar-refractivity contribution in [2.45, 2.75) is 13.5 Å². The fraction of sp³-hybridized carbons (Fsp3) is 0.333. The van der Waals surface area contributed by atoms with E-state index >= 15 is 0 Å². The fourth-order valence-electron chi connectivity index (χ4n) is 1.68. The second-order valence-corrected chi connectivity index (χ2v) is 3.69. The molecule has 0 bridgehead atoms. The van der Waals surface area contributed by atoms with Gasteiger partial charge in [-0.2, -0.15) is 5.10 Å². The van der Waals surface area contributed by atoms with Gasteiger partial charge < -0.3 is 5.32 Å². The van der Waals surface area contributed by atoms with Crippen molar-refractivity contribution >= 4 is 12.4 Å². The lowest BCUT2D eigenvalue weighted by Crippen LogP contribution is -2.11. The average Bonchev–Trinajstić information content (AvgIpc) is 2.69.